The van der Waals surface area contributed by atoms with E-state index >= 15 is 0 Å². The van der Waals surface area contributed by atoms with Crippen molar-refractivity contribution in [1.29, 1.82) is 0 Å². The summed E-state index contributed by atoms with van der Waals surface area (Å²) in [5.41, 5.74) is 0.994. The third kappa shape index (κ3) is 3.74. The Morgan fingerprint density at radius 1 is 1.16 bits per heavy atom. The maximum Gasteiger partial charge on any atom is 0.257 e. The van der Waals surface area contributed by atoms with E-state index in [0.717, 1.165) is 19.3 Å². The summed E-state index contributed by atoms with van der Waals surface area (Å²) >= 11 is 0. The Morgan fingerprint density at radius 3 is 2.52 bits per heavy atom. The van der Waals surface area contributed by atoms with E-state index in [1.807, 2.05) is 0 Å². The normalized spacial score (nSPS) is 15.9. The molecule has 0 atom stereocenters. The Kier molecular flexibility index (Phi) is 4.91. The number of carbonyl (C=O) groups is 1. The molecule has 1 aromatic heterocycles. The molecule has 1 saturated heterocycles. The summed E-state index contributed by atoms with van der Waals surface area (Å²) < 4.78 is 32.0. The fourth-order valence-corrected chi connectivity index (χ4v) is 4.41. The molecule has 2 aromatic rings. The zero-order chi connectivity index (χ0) is 18.0. The van der Waals surface area contributed by atoms with Crippen LogP contribution in [0.3, 0.4) is 0 Å². The van der Waals surface area contributed by atoms with Gasteiger partial charge in [0.25, 0.3) is 5.91 Å². The van der Waals surface area contributed by atoms with Crippen molar-refractivity contribution in [3.8, 4) is 0 Å². The highest BCUT2D eigenvalue weighted by Gasteiger charge is 2.27. The third-order valence-corrected chi connectivity index (χ3v) is 6.17. The lowest BCUT2D eigenvalue weighted by Gasteiger charge is -2.26. The molecule has 1 N–H and O–H groups in total. The first-order chi connectivity index (χ1) is 11.9. The molecule has 0 spiro atoms. The van der Waals surface area contributed by atoms with Gasteiger partial charge in [0.2, 0.25) is 10.0 Å². The summed E-state index contributed by atoms with van der Waals surface area (Å²) in [6.07, 6.45) is 2.78. The topological polar surface area (TPSA) is 92.5 Å². The number of rotatable bonds is 4. The largest absolute Gasteiger partial charge is 0.360 e. The molecule has 0 saturated carbocycles. The third-order valence-electron chi connectivity index (χ3n) is 4.28. The van der Waals surface area contributed by atoms with Gasteiger partial charge in [0.1, 0.15) is 5.76 Å². The summed E-state index contributed by atoms with van der Waals surface area (Å²) in [7, 11) is -3.58. The van der Waals surface area contributed by atoms with Gasteiger partial charge in [-0.25, -0.2) is 8.42 Å². The van der Waals surface area contributed by atoms with Crippen LogP contribution in [0.25, 0.3) is 0 Å². The highest BCUT2D eigenvalue weighted by atomic mass is 32.2. The number of aromatic nitrogens is 1. The van der Waals surface area contributed by atoms with Crippen LogP contribution in [0.5, 0.6) is 0 Å². The van der Waals surface area contributed by atoms with E-state index in [-0.39, 0.29) is 4.90 Å². The fraction of sp³-hybridized carbons (Fsp3) is 0.412. The smallest absolute Gasteiger partial charge is 0.257 e. The molecule has 1 fully saturated rings. The van der Waals surface area contributed by atoms with Crippen LogP contribution in [0, 0.1) is 13.8 Å². The number of hydrogen-bond donors (Lipinski definition) is 1. The van der Waals surface area contributed by atoms with Gasteiger partial charge < -0.3 is 9.84 Å². The second kappa shape index (κ2) is 6.97. The van der Waals surface area contributed by atoms with Crippen molar-refractivity contribution in [2.75, 3.05) is 18.4 Å². The number of carbonyl (C=O) groups excluding carboxylic acids is 1. The minimum absolute atomic E-state index is 0.140. The van der Waals surface area contributed by atoms with Crippen LogP contribution < -0.4 is 5.32 Å². The van der Waals surface area contributed by atoms with Crippen LogP contribution in [-0.4, -0.2) is 36.9 Å². The number of amides is 1. The standard InChI is InChI=1S/C17H21N3O4S/c1-12-6-7-14(25(22,23)20-8-4-3-5-9-20)11-15(12)17(21)18-16-10-13(2)24-19-16/h6-7,10-11H,3-5,8-9H2,1-2H3,(H,18,19,21). The highest BCUT2D eigenvalue weighted by Crippen LogP contribution is 2.23. The predicted octanol–water partition coefficient (Wildman–Crippen LogP) is 2.72. The van der Waals surface area contributed by atoms with Crippen LogP contribution in [0.15, 0.2) is 33.7 Å². The van der Waals surface area contributed by atoms with Gasteiger partial charge >= 0.3 is 0 Å². The van der Waals surface area contributed by atoms with Gasteiger partial charge in [-0.3, -0.25) is 4.79 Å². The fourth-order valence-electron chi connectivity index (χ4n) is 2.87. The Morgan fingerprint density at radius 2 is 1.88 bits per heavy atom. The molecular formula is C17H21N3O4S. The van der Waals surface area contributed by atoms with Crippen molar-refractivity contribution in [2.45, 2.75) is 38.0 Å². The van der Waals surface area contributed by atoms with Crippen LogP contribution >= 0.6 is 0 Å². The number of piperidine rings is 1. The van der Waals surface area contributed by atoms with E-state index < -0.39 is 15.9 Å². The first kappa shape index (κ1) is 17.6. The van der Waals surface area contributed by atoms with Gasteiger partial charge in [-0.2, -0.15) is 4.31 Å². The average Bonchev–Trinajstić information content (AvgIpc) is 3.00. The second-order valence-electron chi connectivity index (χ2n) is 6.22. The number of hydrogen-bond acceptors (Lipinski definition) is 5. The molecule has 0 radical (unpaired) electrons. The minimum atomic E-state index is -3.58. The van der Waals surface area contributed by atoms with Crippen LogP contribution in [0.1, 0.15) is 40.9 Å². The quantitative estimate of drug-likeness (QED) is 0.901. The average molecular weight is 363 g/mol. The van der Waals surface area contributed by atoms with Crippen molar-refractivity contribution >= 4 is 21.7 Å². The number of nitrogens with zero attached hydrogens (tertiary/aromatic N) is 2. The van der Waals surface area contributed by atoms with Gasteiger partial charge in [-0.15, -0.1) is 0 Å². The van der Waals surface area contributed by atoms with Crippen LogP contribution in [-0.2, 0) is 10.0 Å². The van der Waals surface area contributed by atoms with Crippen molar-refractivity contribution in [1.82, 2.24) is 9.46 Å². The lowest BCUT2D eigenvalue weighted by Crippen LogP contribution is -2.35. The predicted molar refractivity (Wildman–Crippen MR) is 93.0 cm³/mol. The lowest BCUT2D eigenvalue weighted by atomic mass is 10.1. The zero-order valence-corrected chi connectivity index (χ0v) is 15.1. The molecule has 1 aliphatic rings. The molecule has 0 bridgehead atoms. The van der Waals surface area contributed by atoms with E-state index in [1.165, 1.54) is 10.4 Å². The lowest BCUT2D eigenvalue weighted by molar-refractivity contribution is 0.102. The summed E-state index contributed by atoms with van der Waals surface area (Å²) in [4.78, 5) is 12.6. The molecule has 0 unspecified atom stereocenters. The maximum atomic E-state index is 12.8. The Labute approximate surface area is 147 Å². The molecule has 2 heterocycles. The van der Waals surface area contributed by atoms with Gasteiger partial charge in [0.05, 0.1) is 4.90 Å². The highest BCUT2D eigenvalue weighted by molar-refractivity contribution is 7.89. The second-order valence-corrected chi connectivity index (χ2v) is 8.16. The maximum absolute atomic E-state index is 12.8. The van der Waals surface area contributed by atoms with Crippen LogP contribution in [0.2, 0.25) is 0 Å². The zero-order valence-electron chi connectivity index (χ0n) is 14.3. The Bertz CT molecular complexity index is 883. The number of anilines is 1. The van der Waals surface area contributed by atoms with Gasteiger partial charge in [-0.05, 0) is 44.4 Å². The molecule has 134 valence electrons. The molecular weight excluding hydrogens is 342 g/mol. The molecule has 25 heavy (non-hydrogen) atoms. The first-order valence-corrected chi connectivity index (χ1v) is 9.67. The molecule has 7 nitrogen and oxygen atoms in total. The van der Waals surface area contributed by atoms with Crippen molar-refractivity contribution in [3.63, 3.8) is 0 Å². The first-order valence-electron chi connectivity index (χ1n) is 8.23. The molecule has 8 heteroatoms. The Hall–Kier alpha value is -2.19. The summed E-state index contributed by atoms with van der Waals surface area (Å²) in [5.74, 6) is 0.459. The van der Waals surface area contributed by atoms with E-state index in [1.54, 1.807) is 32.0 Å². The van der Waals surface area contributed by atoms with Crippen molar-refractivity contribution in [3.05, 3.63) is 41.2 Å². The Balaban J connectivity index is 1.88. The van der Waals surface area contributed by atoms with E-state index in [4.69, 9.17) is 4.52 Å². The molecule has 1 aromatic carbocycles. The van der Waals surface area contributed by atoms with Gasteiger partial charge in [0.15, 0.2) is 5.82 Å². The van der Waals surface area contributed by atoms with E-state index in [2.05, 4.69) is 10.5 Å². The van der Waals surface area contributed by atoms with Crippen molar-refractivity contribution in [2.24, 2.45) is 0 Å². The van der Waals surface area contributed by atoms with E-state index in [9.17, 15) is 13.2 Å². The number of nitrogens with one attached hydrogen (secondary N) is 1. The molecule has 3 rings (SSSR count). The molecule has 1 aliphatic heterocycles. The monoisotopic (exact) mass is 363 g/mol. The number of aryl methyl sites for hydroxylation is 2. The van der Waals surface area contributed by atoms with E-state index in [0.29, 0.717) is 35.8 Å². The summed E-state index contributed by atoms with van der Waals surface area (Å²) in [6, 6.07) is 6.24. The molecule has 1 amide bonds. The van der Waals surface area contributed by atoms with Gasteiger partial charge in [-0.1, -0.05) is 17.6 Å². The summed E-state index contributed by atoms with van der Waals surface area (Å²) in [5, 5.41) is 6.35. The van der Waals surface area contributed by atoms with Gasteiger partial charge in [0, 0.05) is 24.7 Å². The number of benzene rings is 1. The SMILES string of the molecule is Cc1cc(NC(=O)c2cc(S(=O)(=O)N3CCCCC3)ccc2C)no1. The molecule has 0 aliphatic carbocycles. The van der Waals surface area contributed by atoms with Crippen molar-refractivity contribution < 1.29 is 17.7 Å². The minimum Gasteiger partial charge on any atom is -0.360 e. The summed E-state index contributed by atoms with van der Waals surface area (Å²) in [6.45, 7) is 4.53. The number of sulfonamides is 1. The van der Waals surface area contributed by atoms with Crippen LogP contribution in [0.4, 0.5) is 5.82 Å².